The van der Waals surface area contributed by atoms with E-state index in [4.69, 9.17) is 6.42 Å². The number of aliphatic hydroxyl groups excluding tert-OH is 1. The molecular formula is C23H27NO. The van der Waals surface area contributed by atoms with E-state index in [1.165, 1.54) is 11.1 Å². The number of hydrogen-bond donors (Lipinski definition) is 1. The van der Waals surface area contributed by atoms with Gasteiger partial charge in [-0.25, -0.2) is 0 Å². The number of nitrogens with zero attached hydrogens (tertiary/aromatic N) is 1. The van der Waals surface area contributed by atoms with Crippen LogP contribution in [0.5, 0.6) is 0 Å². The summed E-state index contributed by atoms with van der Waals surface area (Å²) in [6, 6.07) is 18.9. The van der Waals surface area contributed by atoms with Crippen molar-refractivity contribution in [1.29, 1.82) is 0 Å². The third kappa shape index (κ3) is 4.72. The molecule has 0 aromatic heterocycles. The van der Waals surface area contributed by atoms with Gasteiger partial charge in [0.25, 0.3) is 0 Å². The Morgan fingerprint density at radius 3 is 2.48 bits per heavy atom. The van der Waals surface area contributed by atoms with Crippen molar-refractivity contribution in [3.63, 3.8) is 0 Å². The van der Waals surface area contributed by atoms with Gasteiger partial charge in [-0.15, -0.1) is 6.42 Å². The molecule has 2 nitrogen and oxygen atoms in total. The Labute approximate surface area is 151 Å². The smallest absolute Gasteiger partial charge is 0.0499 e. The van der Waals surface area contributed by atoms with Crippen molar-refractivity contribution < 1.29 is 5.11 Å². The summed E-state index contributed by atoms with van der Waals surface area (Å²) in [6.07, 6.45) is 9.77. The van der Waals surface area contributed by atoms with Gasteiger partial charge in [0.2, 0.25) is 0 Å². The zero-order valence-corrected chi connectivity index (χ0v) is 14.8. The van der Waals surface area contributed by atoms with Gasteiger partial charge in [-0.3, -0.25) is 4.90 Å². The van der Waals surface area contributed by atoms with Crippen LogP contribution in [0.3, 0.4) is 0 Å². The van der Waals surface area contributed by atoms with Crippen molar-refractivity contribution in [1.82, 2.24) is 4.90 Å². The van der Waals surface area contributed by atoms with E-state index >= 15 is 0 Å². The van der Waals surface area contributed by atoms with E-state index < -0.39 is 0 Å². The molecule has 1 heterocycles. The summed E-state index contributed by atoms with van der Waals surface area (Å²) < 4.78 is 0. The van der Waals surface area contributed by atoms with E-state index in [-0.39, 0.29) is 12.0 Å². The van der Waals surface area contributed by atoms with Gasteiger partial charge in [0.05, 0.1) is 0 Å². The van der Waals surface area contributed by atoms with Crippen LogP contribution >= 0.6 is 0 Å². The minimum atomic E-state index is 0.0207. The highest BCUT2D eigenvalue weighted by Crippen LogP contribution is 2.35. The van der Waals surface area contributed by atoms with Crippen molar-refractivity contribution in [2.75, 3.05) is 19.7 Å². The normalized spacial score (nSPS) is 21.0. The SMILES string of the molecule is C#Cc1ccc(CN2CCC[C@@](CO)(CCc3ccccc3)C2)cc1. The maximum Gasteiger partial charge on any atom is 0.0499 e. The zero-order valence-electron chi connectivity index (χ0n) is 14.8. The van der Waals surface area contributed by atoms with Gasteiger partial charge in [-0.05, 0) is 55.5 Å². The predicted molar refractivity (Wildman–Crippen MR) is 103 cm³/mol. The fraction of sp³-hybridized carbons (Fsp3) is 0.391. The summed E-state index contributed by atoms with van der Waals surface area (Å²) in [7, 11) is 0. The van der Waals surface area contributed by atoms with Crippen LogP contribution in [-0.2, 0) is 13.0 Å². The Bertz CT molecular complexity index is 701. The molecule has 130 valence electrons. The lowest BCUT2D eigenvalue weighted by atomic mass is 9.76. The standard InChI is InChI=1S/C23H27NO/c1-2-20-9-11-22(12-10-20)17-24-16-6-14-23(18-24,19-25)15-13-21-7-4-3-5-8-21/h1,3-5,7-12,25H,6,13-19H2/t23-/m1/s1. The fourth-order valence-corrected chi connectivity index (χ4v) is 3.88. The molecule has 1 fully saturated rings. The molecule has 3 rings (SSSR count). The number of benzene rings is 2. The first kappa shape index (κ1) is 17.7. The van der Waals surface area contributed by atoms with Gasteiger partial charge in [-0.2, -0.15) is 0 Å². The number of aryl methyl sites for hydroxylation is 1. The Balaban J connectivity index is 1.62. The molecule has 0 bridgehead atoms. The van der Waals surface area contributed by atoms with Gasteiger partial charge in [0, 0.05) is 30.7 Å². The van der Waals surface area contributed by atoms with Crippen LogP contribution in [0.25, 0.3) is 0 Å². The first-order chi connectivity index (χ1) is 12.2. The second kappa shape index (κ2) is 8.34. The molecule has 2 heteroatoms. The van der Waals surface area contributed by atoms with Crippen LogP contribution in [0.1, 0.15) is 36.0 Å². The largest absolute Gasteiger partial charge is 0.396 e. The lowest BCUT2D eigenvalue weighted by Gasteiger charge is -2.42. The van der Waals surface area contributed by atoms with Gasteiger partial charge >= 0.3 is 0 Å². The number of piperidine rings is 1. The molecule has 1 atom stereocenters. The summed E-state index contributed by atoms with van der Waals surface area (Å²) in [4.78, 5) is 2.48. The minimum Gasteiger partial charge on any atom is -0.396 e. The number of likely N-dealkylation sites (tertiary alicyclic amines) is 1. The molecule has 1 aliphatic rings. The molecule has 0 aliphatic carbocycles. The molecule has 2 aromatic rings. The van der Waals surface area contributed by atoms with Gasteiger partial charge in [0.15, 0.2) is 0 Å². The maximum absolute atomic E-state index is 10.1. The number of rotatable bonds is 6. The zero-order chi connectivity index (χ0) is 17.5. The Hall–Kier alpha value is -2.08. The van der Waals surface area contributed by atoms with Gasteiger partial charge in [-0.1, -0.05) is 48.4 Å². The average Bonchev–Trinajstić information content (AvgIpc) is 2.68. The molecule has 0 saturated carbocycles. The molecule has 2 aromatic carbocycles. The van der Waals surface area contributed by atoms with Crippen molar-refractivity contribution in [3.8, 4) is 12.3 Å². The van der Waals surface area contributed by atoms with Crippen molar-refractivity contribution in [2.45, 2.75) is 32.2 Å². The van der Waals surface area contributed by atoms with E-state index in [2.05, 4.69) is 53.3 Å². The maximum atomic E-state index is 10.1. The number of aliphatic hydroxyl groups is 1. The van der Waals surface area contributed by atoms with Crippen molar-refractivity contribution in [2.24, 2.45) is 5.41 Å². The minimum absolute atomic E-state index is 0.0207. The number of terminal acetylenes is 1. The highest BCUT2D eigenvalue weighted by molar-refractivity contribution is 5.34. The third-order valence-electron chi connectivity index (χ3n) is 5.39. The van der Waals surface area contributed by atoms with Gasteiger partial charge < -0.3 is 5.11 Å². The van der Waals surface area contributed by atoms with E-state index in [0.29, 0.717) is 0 Å². The summed E-state index contributed by atoms with van der Waals surface area (Å²) in [5.74, 6) is 2.67. The monoisotopic (exact) mass is 333 g/mol. The van der Waals surface area contributed by atoms with Crippen molar-refractivity contribution >= 4 is 0 Å². The Morgan fingerprint density at radius 2 is 1.80 bits per heavy atom. The lowest BCUT2D eigenvalue weighted by molar-refractivity contribution is 0.0224. The van der Waals surface area contributed by atoms with Crippen LogP contribution in [0.15, 0.2) is 54.6 Å². The van der Waals surface area contributed by atoms with Crippen LogP contribution < -0.4 is 0 Å². The molecule has 0 unspecified atom stereocenters. The average molecular weight is 333 g/mol. The second-order valence-electron chi connectivity index (χ2n) is 7.30. The van der Waals surface area contributed by atoms with Crippen molar-refractivity contribution in [3.05, 3.63) is 71.3 Å². The van der Waals surface area contributed by atoms with Crippen LogP contribution in [0.2, 0.25) is 0 Å². The Morgan fingerprint density at radius 1 is 1.04 bits per heavy atom. The van der Waals surface area contributed by atoms with E-state index in [1.54, 1.807) is 0 Å². The summed E-state index contributed by atoms with van der Waals surface area (Å²) in [5.41, 5.74) is 3.59. The van der Waals surface area contributed by atoms with E-state index in [0.717, 1.165) is 50.9 Å². The van der Waals surface area contributed by atoms with E-state index in [1.807, 2.05) is 12.1 Å². The molecule has 1 N–H and O–H groups in total. The fourth-order valence-electron chi connectivity index (χ4n) is 3.88. The summed E-state index contributed by atoms with van der Waals surface area (Å²) in [5, 5.41) is 10.1. The molecule has 1 aliphatic heterocycles. The third-order valence-corrected chi connectivity index (χ3v) is 5.39. The highest BCUT2D eigenvalue weighted by atomic mass is 16.3. The molecule has 0 amide bonds. The molecular weight excluding hydrogens is 306 g/mol. The van der Waals surface area contributed by atoms with Crippen LogP contribution in [-0.4, -0.2) is 29.7 Å². The Kier molecular flexibility index (Phi) is 5.91. The molecule has 0 spiro atoms. The molecule has 0 radical (unpaired) electrons. The molecule has 1 saturated heterocycles. The summed E-state index contributed by atoms with van der Waals surface area (Å²) >= 11 is 0. The first-order valence-corrected chi connectivity index (χ1v) is 9.16. The quantitative estimate of drug-likeness (QED) is 0.811. The topological polar surface area (TPSA) is 23.5 Å². The van der Waals surface area contributed by atoms with Gasteiger partial charge in [0.1, 0.15) is 0 Å². The first-order valence-electron chi connectivity index (χ1n) is 9.16. The van der Waals surface area contributed by atoms with Crippen LogP contribution in [0.4, 0.5) is 0 Å². The summed E-state index contributed by atoms with van der Waals surface area (Å²) in [6.45, 7) is 3.27. The highest BCUT2D eigenvalue weighted by Gasteiger charge is 2.34. The second-order valence-corrected chi connectivity index (χ2v) is 7.30. The lowest BCUT2D eigenvalue weighted by Crippen LogP contribution is -2.45. The van der Waals surface area contributed by atoms with Crippen LogP contribution in [0, 0.1) is 17.8 Å². The predicted octanol–water partition coefficient (Wildman–Crippen LogP) is 3.88. The number of hydrogen-bond acceptors (Lipinski definition) is 2. The molecule has 25 heavy (non-hydrogen) atoms. The van der Waals surface area contributed by atoms with E-state index in [9.17, 15) is 5.11 Å².